The first-order chi connectivity index (χ1) is 12.3. The van der Waals surface area contributed by atoms with Gasteiger partial charge in [0.2, 0.25) is 0 Å². The Labute approximate surface area is 149 Å². The molecular weight excluding hydrogens is 334 g/mol. The van der Waals surface area contributed by atoms with Crippen LogP contribution in [0.2, 0.25) is 0 Å². The minimum Gasteiger partial charge on any atom is -0.352 e. The topological polar surface area (TPSA) is 78.9 Å². The number of rotatable bonds is 5. The number of carbonyl (C=O) groups is 1. The minimum atomic E-state index is -0.0679. The van der Waals surface area contributed by atoms with E-state index in [-0.39, 0.29) is 5.91 Å². The summed E-state index contributed by atoms with van der Waals surface area (Å²) in [5.41, 5.74) is 1.55. The number of aromatic nitrogens is 2. The molecule has 1 aliphatic heterocycles. The van der Waals surface area contributed by atoms with E-state index < -0.39 is 0 Å². The number of thiazole rings is 1. The van der Waals surface area contributed by atoms with Gasteiger partial charge in [0.25, 0.3) is 5.91 Å². The molecule has 1 amide bonds. The summed E-state index contributed by atoms with van der Waals surface area (Å²) in [4.78, 5) is 21.2. The molecule has 3 N–H and O–H groups in total. The Bertz CT molecular complexity index is 855. The standard InChI is InChI=1S/C18H19N5OS/c24-17(21-11-12-5-7-19-10-12)13-6-8-20-16(9-13)23-18-22-14-3-1-2-4-15(14)25-18/h1-4,6,8-9,12,19H,5,7,10-11H2,(H,21,24)(H,20,22,23). The molecule has 1 fully saturated rings. The van der Waals surface area contributed by atoms with Crippen molar-refractivity contribution in [2.24, 2.45) is 5.92 Å². The van der Waals surface area contributed by atoms with Gasteiger partial charge in [-0.15, -0.1) is 0 Å². The minimum absolute atomic E-state index is 0.0679. The molecule has 128 valence electrons. The number of fused-ring (bicyclic) bond motifs is 1. The van der Waals surface area contributed by atoms with Crippen LogP contribution in [-0.2, 0) is 0 Å². The first-order valence-corrected chi connectivity index (χ1v) is 9.17. The molecule has 4 rings (SSSR count). The van der Waals surface area contributed by atoms with Crippen LogP contribution < -0.4 is 16.0 Å². The molecular formula is C18H19N5OS. The fourth-order valence-electron chi connectivity index (χ4n) is 2.90. The van der Waals surface area contributed by atoms with Crippen molar-refractivity contribution >= 4 is 38.4 Å². The molecule has 0 radical (unpaired) electrons. The van der Waals surface area contributed by atoms with Crippen LogP contribution in [0, 0.1) is 5.92 Å². The van der Waals surface area contributed by atoms with E-state index >= 15 is 0 Å². The first kappa shape index (κ1) is 16.0. The zero-order chi connectivity index (χ0) is 17.1. The molecule has 3 heterocycles. The van der Waals surface area contributed by atoms with Crippen molar-refractivity contribution in [2.45, 2.75) is 6.42 Å². The second kappa shape index (κ2) is 7.16. The van der Waals surface area contributed by atoms with Gasteiger partial charge in [-0.2, -0.15) is 0 Å². The van der Waals surface area contributed by atoms with Crippen molar-refractivity contribution in [3.05, 3.63) is 48.2 Å². The van der Waals surface area contributed by atoms with Gasteiger partial charge in [0.05, 0.1) is 10.2 Å². The van der Waals surface area contributed by atoms with E-state index in [1.165, 1.54) is 0 Å². The lowest BCUT2D eigenvalue weighted by Crippen LogP contribution is -2.30. The Morgan fingerprint density at radius 1 is 1.32 bits per heavy atom. The molecule has 3 aromatic rings. The number of amides is 1. The second-order valence-corrected chi connectivity index (χ2v) is 7.14. The van der Waals surface area contributed by atoms with Crippen molar-refractivity contribution in [3.63, 3.8) is 0 Å². The summed E-state index contributed by atoms with van der Waals surface area (Å²) in [5, 5.41) is 10.3. The highest BCUT2D eigenvalue weighted by Gasteiger charge is 2.16. The van der Waals surface area contributed by atoms with Gasteiger partial charge in [-0.1, -0.05) is 23.5 Å². The zero-order valence-electron chi connectivity index (χ0n) is 13.7. The average Bonchev–Trinajstić information content (AvgIpc) is 3.28. The smallest absolute Gasteiger partial charge is 0.251 e. The normalized spacial score (nSPS) is 16.9. The maximum atomic E-state index is 12.3. The van der Waals surface area contributed by atoms with Crippen molar-refractivity contribution in [3.8, 4) is 0 Å². The number of nitrogens with one attached hydrogen (secondary N) is 3. The third-order valence-corrected chi connectivity index (χ3v) is 5.22. The Morgan fingerprint density at radius 2 is 2.24 bits per heavy atom. The maximum Gasteiger partial charge on any atom is 0.251 e. The van der Waals surface area contributed by atoms with Crippen LogP contribution >= 0.6 is 11.3 Å². The molecule has 1 aliphatic rings. The highest BCUT2D eigenvalue weighted by Crippen LogP contribution is 2.27. The highest BCUT2D eigenvalue weighted by molar-refractivity contribution is 7.22. The number of nitrogens with zero attached hydrogens (tertiary/aromatic N) is 2. The van der Waals surface area contributed by atoms with Gasteiger partial charge in [-0.25, -0.2) is 9.97 Å². The molecule has 1 unspecified atom stereocenters. The molecule has 1 aromatic carbocycles. The highest BCUT2D eigenvalue weighted by atomic mass is 32.1. The zero-order valence-corrected chi connectivity index (χ0v) is 14.5. The fraction of sp³-hybridized carbons (Fsp3) is 0.278. The van der Waals surface area contributed by atoms with E-state index in [2.05, 4.69) is 25.9 Å². The van der Waals surface area contributed by atoms with Gasteiger partial charge >= 0.3 is 0 Å². The monoisotopic (exact) mass is 353 g/mol. The van der Waals surface area contributed by atoms with Gasteiger partial charge < -0.3 is 16.0 Å². The molecule has 0 bridgehead atoms. The lowest BCUT2D eigenvalue weighted by molar-refractivity contribution is 0.0948. The van der Waals surface area contributed by atoms with Gasteiger partial charge in [0.15, 0.2) is 5.13 Å². The molecule has 0 aliphatic carbocycles. The fourth-order valence-corrected chi connectivity index (χ4v) is 3.78. The number of hydrogen-bond acceptors (Lipinski definition) is 6. The molecule has 1 saturated heterocycles. The van der Waals surface area contributed by atoms with Crippen LogP contribution in [0.1, 0.15) is 16.8 Å². The van der Waals surface area contributed by atoms with Crippen LogP contribution in [0.4, 0.5) is 10.9 Å². The SMILES string of the molecule is O=C(NCC1CCNC1)c1ccnc(Nc2nc3ccccc3s2)c1. The van der Waals surface area contributed by atoms with Gasteiger partial charge in [-0.3, -0.25) is 4.79 Å². The van der Waals surface area contributed by atoms with Gasteiger partial charge in [0.1, 0.15) is 5.82 Å². The van der Waals surface area contributed by atoms with Crippen LogP contribution in [0.25, 0.3) is 10.2 Å². The third kappa shape index (κ3) is 3.78. The number of carbonyl (C=O) groups excluding carboxylic acids is 1. The first-order valence-electron chi connectivity index (χ1n) is 8.35. The predicted octanol–water partition coefficient (Wildman–Crippen LogP) is 2.77. The van der Waals surface area contributed by atoms with Crippen LogP contribution in [0.3, 0.4) is 0 Å². The number of para-hydroxylation sites is 1. The largest absolute Gasteiger partial charge is 0.352 e. The molecule has 7 heteroatoms. The van der Waals surface area contributed by atoms with Crippen molar-refractivity contribution in [1.82, 2.24) is 20.6 Å². The summed E-state index contributed by atoms with van der Waals surface area (Å²) < 4.78 is 1.11. The molecule has 0 saturated carbocycles. The average molecular weight is 353 g/mol. The summed E-state index contributed by atoms with van der Waals surface area (Å²) in [6.07, 6.45) is 2.75. The molecule has 6 nitrogen and oxygen atoms in total. The van der Waals surface area contributed by atoms with E-state index in [1.54, 1.807) is 29.7 Å². The van der Waals surface area contributed by atoms with Crippen LogP contribution in [-0.4, -0.2) is 35.5 Å². The van der Waals surface area contributed by atoms with E-state index in [4.69, 9.17) is 0 Å². The Kier molecular flexibility index (Phi) is 4.58. The van der Waals surface area contributed by atoms with E-state index in [0.717, 1.165) is 34.9 Å². The predicted molar refractivity (Wildman–Crippen MR) is 100 cm³/mol. The quantitative estimate of drug-likeness (QED) is 0.657. The Balaban J connectivity index is 1.44. The number of anilines is 2. The van der Waals surface area contributed by atoms with Crippen LogP contribution in [0.15, 0.2) is 42.6 Å². The van der Waals surface area contributed by atoms with Crippen molar-refractivity contribution in [1.29, 1.82) is 0 Å². The van der Waals surface area contributed by atoms with Crippen molar-refractivity contribution in [2.75, 3.05) is 25.0 Å². The summed E-state index contributed by atoms with van der Waals surface area (Å²) in [5.74, 6) is 1.07. The van der Waals surface area contributed by atoms with Gasteiger partial charge in [0, 0.05) is 18.3 Å². The number of hydrogen-bond donors (Lipinski definition) is 3. The molecule has 0 spiro atoms. The van der Waals surface area contributed by atoms with Crippen molar-refractivity contribution < 1.29 is 4.79 Å². The molecule has 25 heavy (non-hydrogen) atoms. The van der Waals surface area contributed by atoms with E-state index in [1.807, 2.05) is 24.3 Å². The van der Waals surface area contributed by atoms with E-state index in [0.29, 0.717) is 23.8 Å². The summed E-state index contributed by atoms with van der Waals surface area (Å²) in [6.45, 7) is 2.71. The summed E-state index contributed by atoms with van der Waals surface area (Å²) in [7, 11) is 0. The maximum absolute atomic E-state index is 12.3. The van der Waals surface area contributed by atoms with Gasteiger partial charge in [-0.05, 0) is 49.7 Å². The van der Waals surface area contributed by atoms with E-state index in [9.17, 15) is 4.79 Å². The Hall–Kier alpha value is -2.51. The third-order valence-electron chi connectivity index (χ3n) is 4.26. The summed E-state index contributed by atoms with van der Waals surface area (Å²) in [6, 6.07) is 11.5. The molecule has 2 aromatic heterocycles. The Morgan fingerprint density at radius 3 is 3.08 bits per heavy atom. The lowest BCUT2D eigenvalue weighted by atomic mass is 10.1. The molecule has 1 atom stereocenters. The lowest BCUT2D eigenvalue weighted by Gasteiger charge is -2.10. The second-order valence-electron chi connectivity index (χ2n) is 6.11. The summed E-state index contributed by atoms with van der Waals surface area (Å²) >= 11 is 1.56. The number of pyridine rings is 1. The van der Waals surface area contributed by atoms with Crippen LogP contribution in [0.5, 0.6) is 0 Å². The number of benzene rings is 1.